The summed E-state index contributed by atoms with van der Waals surface area (Å²) in [5, 5.41) is 9.58. The number of hydrogen-bond donors (Lipinski definition) is 1. The number of rotatable bonds is 4. The standard InChI is InChI=1S/C14H23NO4/c1-5-14(12(17)18)8-9-6-7-10(14)15(9)11(16)13(2,3)19-4/h9-10H,5-8H2,1-4H3,(H,17,18)/t9-,10+,14+/m0/s1. The number of aliphatic carboxylic acids is 1. The maximum atomic E-state index is 12.6. The van der Waals surface area contributed by atoms with Gasteiger partial charge in [-0.15, -0.1) is 0 Å². The Balaban J connectivity index is 2.32. The summed E-state index contributed by atoms with van der Waals surface area (Å²) in [6.45, 7) is 5.38. The van der Waals surface area contributed by atoms with Crippen molar-refractivity contribution in [2.45, 2.75) is 64.1 Å². The molecular formula is C14H23NO4. The van der Waals surface area contributed by atoms with Crippen LogP contribution in [0.1, 0.15) is 46.5 Å². The highest BCUT2D eigenvalue weighted by molar-refractivity contribution is 5.87. The van der Waals surface area contributed by atoms with Crippen LogP contribution in [-0.4, -0.2) is 46.7 Å². The van der Waals surface area contributed by atoms with Crippen LogP contribution in [-0.2, 0) is 14.3 Å². The number of carboxylic acids is 1. The fourth-order valence-electron chi connectivity index (χ4n) is 3.65. The molecule has 0 aromatic carbocycles. The maximum Gasteiger partial charge on any atom is 0.311 e. The van der Waals surface area contributed by atoms with Gasteiger partial charge in [0.2, 0.25) is 0 Å². The third kappa shape index (κ3) is 1.86. The molecule has 1 amide bonds. The second-order valence-electron chi connectivity index (χ2n) is 6.19. The Morgan fingerprint density at radius 1 is 1.42 bits per heavy atom. The lowest BCUT2D eigenvalue weighted by Crippen LogP contribution is -2.51. The smallest absolute Gasteiger partial charge is 0.311 e. The Bertz CT molecular complexity index is 406. The summed E-state index contributed by atoms with van der Waals surface area (Å²) < 4.78 is 5.26. The zero-order chi connectivity index (χ0) is 14.4. The number of carboxylic acid groups (broad SMARTS) is 1. The largest absolute Gasteiger partial charge is 0.481 e. The molecule has 5 heteroatoms. The Hall–Kier alpha value is -1.10. The summed E-state index contributed by atoms with van der Waals surface area (Å²) >= 11 is 0. The lowest BCUT2D eigenvalue weighted by molar-refractivity contribution is -0.156. The number of amides is 1. The van der Waals surface area contributed by atoms with Crippen molar-refractivity contribution in [1.29, 1.82) is 0 Å². The lowest BCUT2D eigenvalue weighted by Gasteiger charge is -2.35. The van der Waals surface area contributed by atoms with Crippen LogP contribution in [0.2, 0.25) is 0 Å². The van der Waals surface area contributed by atoms with Crippen LogP contribution in [0.4, 0.5) is 0 Å². The van der Waals surface area contributed by atoms with Gasteiger partial charge in [0.15, 0.2) is 0 Å². The predicted octanol–water partition coefficient (Wildman–Crippen LogP) is 1.66. The first-order chi connectivity index (χ1) is 8.80. The minimum atomic E-state index is -0.886. The van der Waals surface area contributed by atoms with Crippen molar-refractivity contribution in [2.24, 2.45) is 5.41 Å². The van der Waals surface area contributed by atoms with Crippen LogP contribution in [0, 0.1) is 5.41 Å². The molecule has 5 nitrogen and oxygen atoms in total. The molecule has 2 bridgehead atoms. The Morgan fingerprint density at radius 3 is 2.47 bits per heavy atom. The Morgan fingerprint density at radius 2 is 2.05 bits per heavy atom. The first-order valence-corrected chi connectivity index (χ1v) is 6.91. The van der Waals surface area contributed by atoms with Crippen molar-refractivity contribution < 1.29 is 19.4 Å². The average molecular weight is 269 g/mol. The number of ether oxygens (including phenoxy) is 1. The number of hydrogen-bond acceptors (Lipinski definition) is 3. The molecule has 3 atom stereocenters. The van der Waals surface area contributed by atoms with E-state index < -0.39 is 17.0 Å². The Kier molecular flexibility index (Phi) is 3.37. The molecule has 0 spiro atoms. The normalized spacial score (nSPS) is 33.8. The molecule has 0 aromatic heterocycles. The zero-order valence-corrected chi connectivity index (χ0v) is 12.1. The molecule has 0 unspecified atom stereocenters. The molecule has 2 saturated heterocycles. The monoisotopic (exact) mass is 269 g/mol. The summed E-state index contributed by atoms with van der Waals surface area (Å²) in [6.07, 6.45) is 2.84. The van der Waals surface area contributed by atoms with Crippen LogP contribution < -0.4 is 0 Å². The molecule has 0 aliphatic carbocycles. The molecule has 2 fully saturated rings. The second kappa shape index (κ2) is 4.47. The topological polar surface area (TPSA) is 66.8 Å². The van der Waals surface area contributed by atoms with Crippen molar-refractivity contribution in [3.05, 3.63) is 0 Å². The minimum absolute atomic E-state index is 0.0583. The van der Waals surface area contributed by atoms with Gasteiger partial charge >= 0.3 is 5.97 Å². The quantitative estimate of drug-likeness (QED) is 0.842. The predicted molar refractivity (Wildman–Crippen MR) is 69.7 cm³/mol. The van der Waals surface area contributed by atoms with Crippen molar-refractivity contribution in [1.82, 2.24) is 4.90 Å². The number of nitrogens with zero attached hydrogens (tertiary/aromatic N) is 1. The lowest BCUT2D eigenvalue weighted by atomic mass is 9.72. The fourth-order valence-corrected chi connectivity index (χ4v) is 3.65. The summed E-state index contributed by atoms with van der Waals surface area (Å²) in [5.41, 5.74) is -1.65. The van der Waals surface area contributed by atoms with Crippen molar-refractivity contribution in [3.8, 4) is 0 Å². The number of fused-ring (bicyclic) bond motifs is 2. The highest BCUT2D eigenvalue weighted by atomic mass is 16.5. The van der Waals surface area contributed by atoms with E-state index in [4.69, 9.17) is 4.74 Å². The van der Waals surface area contributed by atoms with Gasteiger partial charge in [-0.25, -0.2) is 0 Å². The SMILES string of the molecule is CC[C@@]1(C(=O)O)C[C@@H]2CC[C@H]1N2C(=O)C(C)(C)OC. The first-order valence-electron chi connectivity index (χ1n) is 6.91. The molecule has 108 valence electrons. The van der Waals surface area contributed by atoms with E-state index in [0.717, 1.165) is 12.8 Å². The van der Waals surface area contributed by atoms with Gasteiger partial charge in [0, 0.05) is 19.2 Å². The molecule has 0 saturated carbocycles. The van der Waals surface area contributed by atoms with Gasteiger partial charge in [0.25, 0.3) is 5.91 Å². The number of methoxy groups -OCH3 is 1. The van der Waals surface area contributed by atoms with Gasteiger partial charge in [0.05, 0.1) is 5.41 Å². The van der Waals surface area contributed by atoms with Gasteiger partial charge in [-0.2, -0.15) is 0 Å². The van der Waals surface area contributed by atoms with E-state index in [1.807, 2.05) is 6.92 Å². The van der Waals surface area contributed by atoms with Crippen LogP contribution >= 0.6 is 0 Å². The summed E-state index contributed by atoms with van der Waals surface area (Å²) in [6, 6.07) is -0.120. The van der Waals surface area contributed by atoms with Crippen molar-refractivity contribution in [3.63, 3.8) is 0 Å². The molecule has 1 N–H and O–H groups in total. The van der Waals surface area contributed by atoms with Crippen LogP contribution in [0.25, 0.3) is 0 Å². The number of carbonyl (C=O) groups is 2. The van der Waals surface area contributed by atoms with Crippen molar-refractivity contribution >= 4 is 11.9 Å². The van der Waals surface area contributed by atoms with Crippen LogP contribution in [0.3, 0.4) is 0 Å². The second-order valence-corrected chi connectivity index (χ2v) is 6.19. The van der Waals surface area contributed by atoms with E-state index in [2.05, 4.69) is 0 Å². The van der Waals surface area contributed by atoms with Crippen LogP contribution in [0.5, 0.6) is 0 Å². The van der Waals surface area contributed by atoms with E-state index in [1.54, 1.807) is 18.7 Å². The third-order valence-electron chi connectivity index (χ3n) is 5.06. The molecule has 0 radical (unpaired) electrons. The molecule has 2 rings (SSSR count). The third-order valence-corrected chi connectivity index (χ3v) is 5.06. The van der Waals surface area contributed by atoms with Gasteiger partial charge < -0.3 is 14.7 Å². The highest BCUT2D eigenvalue weighted by Crippen LogP contribution is 2.52. The van der Waals surface area contributed by atoms with Gasteiger partial charge in [0.1, 0.15) is 5.60 Å². The highest BCUT2D eigenvalue weighted by Gasteiger charge is 2.61. The van der Waals surface area contributed by atoms with Crippen LogP contribution in [0.15, 0.2) is 0 Å². The molecule has 2 aliphatic heterocycles. The van der Waals surface area contributed by atoms with E-state index in [0.29, 0.717) is 12.8 Å². The van der Waals surface area contributed by atoms with Gasteiger partial charge in [-0.3, -0.25) is 9.59 Å². The maximum absolute atomic E-state index is 12.6. The van der Waals surface area contributed by atoms with Crippen molar-refractivity contribution in [2.75, 3.05) is 7.11 Å². The zero-order valence-electron chi connectivity index (χ0n) is 12.1. The molecule has 19 heavy (non-hydrogen) atoms. The summed E-state index contributed by atoms with van der Waals surface area (Å²) in [5.74, 6) is -0.853. The van der Waals surface area contributed by atoms with E-state index in [-0.39, 0.29) is 18.0 Å². The molecule has 0 aromatic rings. The van der Waals surface area contributed by atoms with E-state index in [9.17, 15) is 14.7 Å². The van der Waals surface area contributed by atoms with E-state index in [1.165, 1.54) is 7.11 Å². The first kappa shape index (κ1) is 14.3. The summed E-state index contributed by atoms with van der Waals surface area (Å²) in [4.78, 5) is 26.0. The molecule has 2 aliphatic rings. The fraction of sp³-hybridized carbons (Fsp3) is 0.857. The summed E-state index contributed by atoms with van der Waals surface area (Å²) in [7, 11) is 1.51. The van der Waals surface area contributed by atoms with E-state index >= 15 is 0 Å². The van der Waals surface area contributed by atoms with Gasteiger partial charge in [-0.1, -0.05) is 6.92 Å². The Labute approximate surface area is 113 Å². The molecule has 2 heterocycles. The molecular weight excluding hydrogens is 246 g/mol. The number of carbonyl (C=O) groups excluding carboxylic acids is 1. The average Bonchev–Trinajstić information content (AvgIpc) is 2.93. The van der Waals surface area contributed by atoms with Gasteiger partial charge in [-0.05, 0) is 39.5 Å². The minimum Gasteiger partial charge on any atom is -0.481 e.